The van der Waals surface area contributed by atoms with Gasteiger partial charge in [0.1, 0.15) is 0 Å². The molecule has 0 saturated heterocycles. The first-order valence-corrected chi connectivity index (χ1v) is 6.85. The van der Waals surface area contributed by atoms with Crippen molar-refractivity contribution in [2.75, 3.05) is 13.1 Å². The highest BCUT2D eigenvalue weighted by Crippen LogP contribution is 2.32. The summed E-state index contributed by atoms with van der Waals surface area (Å²) in [5, 5.41) is 12.9. The number of aliphatic hydroxyl groups is 1. The van der Waals surface area contributed by atoms with E-state index in [9.17, 15) is 9.90 Å². The third kappa shape index (κ3) is 2.99. The van der Waals surface area contributed by atoms with Crippen molar-refractivity contribution in [3.63, 3.8) is 0 Å². The quantitative estimate of drug-likeness (QED) is 0.680. The second-order valence-corrected chi connectivity index (χ2v) is 5.68. The van der Waals surface area contributed by atoms with Crippen molar-refractivity contribution in [2.45, 2.75) is 50.5 Å². The van der Waals surface area contributed by atoms with Gasteiger partial charge < -0.3 is 16.2 Å². The van der Waals surface area contributed by atoms with Crippen LogP contribution in [0.25, 0.3) is 0 Å². The third-order valence-electron chi connectivity index (χ3n) is 4.42. The molecule has 2 aliphatic carbocycles. The third-order valence-corrected chi connectivity index (χ3v) is 4.42. The van der Waals surface area contributed by atoms with Crippen LogP contribution in [0.4, 0.5) is 0 Å². The number of carbonyl (C=O) groups excluding carboxylic acids is 1. The number of nitrogens with two attached hydrogens (primary N) is 1. The maximum atomic E-state index is 12.1. The van der Waals surface area contributed by atoms with Gasteiger partial charge in [-0.25, -0.2) is 0 Å². The van der Waals surface area contributed by atoms with E-state index < -0.39 is 5.60 Å². The lowest BCUT2D eigenvalue weighted by atomic mass is 9.77. The molecule has 0 bridgehead atoms. The van der Waals surface area contributed by atoms with Gasteiger partial charge >= 0.3 is 0 Å². The van der Waals surface area contributed by atoms with Gasteiger partial charge in [-0.1, -0.05) is 12.8 Å². The van der Waals surface area contributed by atoms with Crippen molar-refractivity contribution in [2.24, 2.45) is 17.6 Å². The molecule has 98 valence electrons. The second-order valence-electron chi connectivity index (χ2n) is 5.68. The van der Waals surface area contributed by atoms with Gasteiger partial charge in [0.25, 0.3) is 0 Å². The van der Waals surface area contributed by atoms with E-state index in [-0.39, 0.29) is 11.8 Å². The van der Waals surface area contributed by atoms with Gasteiger partial charge in [-0.05, 0) is 44.6 Å². The number of amides is 1. The van der Waals surface area contributed by atoms with E-state index in [0.29, 0.717) is 19.0 Å². The van der Waals surface area contributed by atoms with E-state index in [1.165, 1.54) is 6.42 Å². The summed E-state index contributed by atoms with van der Waals surface area (Å²) in [6.45, 7) is 1.02. The summed E-state index contributed by atoms with van der Waals surface area (Å²) in [4.78, 5) is 12.1. The van der Waals surface area contributed by atoms with Crippen LogP contribution >= 0.6 is 0 Å². The van der Waals surface area contributed by atoms with Crippen LogP contribution < -0.4 is 11.1 Å². The molecule has 0 spiro atoms. The molecular formula is C13H24N2O2. The van der Waals surface area contributed by atoms with Crippen molar-refractivity contribution in [1.82, 2.24) is 5.32 Å². The Balaban J connectivity index is 1.81. The molecule has 0 aromatic carbocycles. The molecule has 17 heavy (non-hydrogen) atoms. The Morgan fingerprint density at radius 1 is 1.29 bits per heavy atom. The molecule has 1 amide bonds. The Labute approximate surface area is 103 Å². The standard InChI is InChI=1S/C13H24N2O2/c14-8-10-4-1-2-5-11(10)12(16)15-9-13(17)6-3-7-13/h10-11,17H,1-9,14H2,(H,15,16). The second kappa shape index (κ2) is 5.36. The molecule has 0 aromatic heterocycles. The summed E-state index contributed by atoms with van der Waals surface area (Å²) in [6, 6.07) is 0. The molecule has 0 radical (unpaired) electrons. The first kappa shape index (κ1) is 12.8. The molecule has 2 saturated carbocycles. The minimum Gasteiger partial charge on any atom is -0.388 e. The highest BCUT2D eigenvalue weighted by Gasteiger charge is 2.36. The molecule has 0 aromatic rings. The van der Waals surface area contributed by atoms with Gasteiger partial charge in [0.15, 0.2) is 0 Å². The van der Waals surface area contributed by atoms with E-state index in [2.05, 4.69) is 5.32 Å². The van der Waals surface area contributed by atoms with Crippen LogP contribution in [-0.2, 0) is 4.79 Å². The summed E-state index contributed by atoms with van der Waals surface area (Å²) in [5.74, 6) is 0.498. The Morgan fingerprint density at radius 2 is 2.00 bits per heavy atom. The molecule has 2 aliphatic rings. The SMILES string of the molecule is NCC1CCCCC1C(=O)NCC1(O)CCC1. The Bertz CT molecular complexity index is 277. The van der Waals surface area contributed by atoms with Crippen molar-refractivity contribution < 1.29 is 9.90 Å². The van der Waals surface area contributed by atoms with Gasteiger partial charge in [-0.15, -0.1) is 0 Å². The van der Waals surface area contributed by atoms with Gasteiger partial charge in [0.2, 0.25) is 5.91 Å². The summed E-state index contributed by atoms with van der Waals surface area (Å²) < 4.78 is 0. The van der Waals surface area contributed by atoms with Crippen LogP contribution in [0.3, 0.4) is 0 Å². The van der Waals surface area contributed by atoms with Gasteiger partial charge in [-0.2, -0.15) is 0 Å². The smallest absolute Gasteiger partial charge is 0.223 e. The molecule has 4 nitrogen and oxygen atoms in total. The minimum atomic E-state index is -0.622. The Morgan fingerprint density at radius 3 is 2.59 bits per heavy atom. The van der Waals surface area contributed by atoms with E-state index in [1.54, 1.807) is 0 Å². The van der Waals surface area contributed by atoms with E-state index in [0.717, 1.165) is 38.5 Å². The fraction of sp³-hybridized carbons (Fsp3) is 0.923. The summed E-state index contributed by atoms with van der Waals surface area (Å²) in [7, 11) is 0. The van der Waals surface area contributed by atoms with Crippen molar-refractivity contribution in [3.8, 4) is 0 Å². The molecule has 2 atom stereocenters. The highest BCUT2D eigenvalue weighted by molar-refractivity contribution is 5.79. The van der Waals surface area contributed by atoms with Crippen LogP contribution in [0.1, 0.15) is 44.9 Å². The first-order valence-electron chi connectivity index (χ1n) is 6.85. The van der Waals surface area contributed by atoms with Gasteiger partial charge in [0.05, 0.1) is 5.60 Å². The monoisotopic (exact) mass is 240 g/mol. The van der Waals surface area contributed by atoms with Crippen LogP contribution in [0.15, 0.2) is 0 Å². The summed E-state index contributed by atoms with van der Waals surface area (Å²) >= 11 is 0. The molecule has 0 heterocycles. The van der Waals surface area contributed by atoms with Crippen LogP contribution in [0.5, 0.6) is 0 Å². The van der Waals surface area contributed by atoms with Crippen molar-refractivity contribution in [3.05, 3.63) is 0 Å². The van der Waals surface area contributed by atoms with Gasteiger partial charge in [-0.3, -0.25) is 4.79 Å². The molecule has 2 unspecified atom stereocenters. The van der Waals surface area contributed by atoms with Crippen molar-refractivity contribution >= 4 is 5.91 Å². The highest BCUT2D eigenvalue weighted by atomic mass is 16.3. The Hall–Kier alpha value is -0.610. The number of hydrogen-bond donors (Lipinski definition) is 3. The maximum Gasteiger partial charge on any atom is 0.223 e. The fourth-order valence-corrected chi connectivity index (χ4v) is 2.98. The number of rotatable bonds is 4. The lowest BCUT2D eigenvalue weighted by molar-refractivity contribution is -0.130. The predicted octanol–water partition coefficient (Wildman–Crippen LogP) is 0.783. The van der Waals surface area contributed by atoms with E-state index in [4.69, 9.17) is 5.73 Å². The lowest BCUT2D eigenvalue weighted by Gasteiger charge is -2.37. The Kier molecular flexibility index (Phi) is 4.05. The predicted molar refractivity (Wildman–Crippen MR) is 66.3 cm³/mol. The fourth-order valence-electron chi connectivity index (χ4n) is 2.98. The average Bonchev–Trinajstić information content (AvgIpc) is 2.33. The minimum absolute atomic E-state index is 0.0671. The van der Waals surface area contributed by atoms with Crippen LogP contribution in [-0.4, -0.2) is 29.7 Å². The number of nitrogens with one attached hydrogen (secondary N) is 1. The zero-order valence-corrected chi connectivity index (χ0v) is 10.5. The maximum absolute atomic E-state index is 12.1. The zero-order chi connectivity index (χ0) is 12.3. The molecular weight excluding hydrogens is 216 g/mol. The molecule has 2 fully saturated rings. The van der Waals surface area contributed by atoms with E-state index >= 15 is 0 Å². The lowest BCUT2D eigenvalue weighted by Crippen LogP contribution is -2.50. The number of carbonyl (C=O) groups is 1. The molecule has 2 rings (SSSR count). The average molecular weight is 240 g/mol. The van der Waals surface area contributed by atoms with Gasteiger partial charge in [0, 0.05) is 12.5 Å². The molecule has 0 aliphatic heterocycles. The van der Waals surface area contributed by atoms with E-state index in [1.807, 2.05) is 0 Å². The number of hydrogen-bond acceptors (Lipinski definition) is 3. The molecule has 4 N–H and O–H groups in total. The van der Waals surface area contributed by atoms with Crippen molar-refractivity contribution in [1.29, 1.82) is 0 Å². The van der Waals surface area contributed by atoms with Crippen LogP contribution in [0, 0.1) is 11.8 Å². The summed E-state index contributed by atoms with van der Waals surface area (Å²) in [5.41, 5.74) is 5.10. The summed E-state index contributed by atoms with van der Waals surface area (Å²) in [6.07, 6.45) is 7.04. The largest absolute Gasteiger partial charge is 0.388 e. The first-order chi connectivity index (χ1) is 8.14. The molecule has 4 heteroatoms. The van der Waals surface area contributed by atoms with Crippen LogP contribution in [0.2, 0.25) is 0 Å². The normalized spacial score (nSPS) is 31.6. The zero-order valence-electron chi connectivity index (χ0n) is 10.5. The topological polar surface area (TPSA) is 75.4 Å².